The van der Waals surface area contributed by atoms with Gasteiger partial charge in [0.25, 0.3) is 0 Å². The molecule has 2 aromatic carbocycles. The fourth-order valence-corrected chi connectivity index (χ4v) is 3.20. The molecular weight excluding hydrogens is 364 g/mol. The molecule has 2 atom stereocenters. The van der Waals surface area contributed by atoms with Gasteiger partial charge < -0.3 is 15.0 Å². The Labute approximate surface area is 174 Å². The minimum absolute atomic E-state index is 0.0647. The molecule has 29 heavy (non-hydrogen) atoms. The highest BCUT2D eigenvalue weighted by atomic mass is 16.5. The van der Waals surface area contributed by atoms with E-state index in [4.69, 9.17) is 4.74 Å². The largest absolute Gasteiger partial charge is 0.497 e. The van der Waals surface area contributed by atoms with Crippen molar-refractivity contribution in [2.45, 2.75) is 58.7 Å². The van der Waals surface area contributed by atoms with Crippen molar-refractivity contribution in [2.24, 2.45) is 0 Å². The van der Waals surface area contributed by atoms with Gasteiger partial charge in [0.2, 0.25) is 11.8 Å². The second-order valence-electron chi connectivity index (χ2n) is 7.28. The maximum absolute atomic E-state index is 13.2. The summed E-state index contributed by atoms with van der Waals surface area (Å²) >= 11 is 0. The molecule has 0 aliphatic heterocycles. The zero-order valence-corrected chi connectivity index (χ0v) is 17.9. The Hall–Kier alpha value is -2.82. The van der Waals surface area contributed by atoms with Crippen molar-refractivity contribution in [2.75, 3.05) is 7.11 Å². The quantitative estimate of drug-likeness (QED) is 0.661. The second-order valence-corrected chi connectivity index (χ2v) is 7.28. The summed E-state index contributed by atoms with van der Waals surface area (Å²) in [5.74, 6) is 0.561. The van der Waals surface area contributed by atoms with Crippen molar-refractivity contribution in [3.8, 4) is 5.75 Å². The lowest BCUT2D eigenvalue weighted by molar-refractivity contribution is -0.141. The first-order chi connectivity index (χ1) is 14.0. The summed E-state index contributed by atoms with van der Waals surface area (Å²) in [6.07, 6.45) is 1.65. The number of carbonyl (C=O) groups excluding carboxylic acids is 2. The SMILES string of the molecule is CC[C@H](C)NC(=O)[C@H](CC)N(Cc1cccc(OC)c1)C(=O)Cc1ccccc1. The highest BCUT2D eigenvalue weighted by Crippen LogP contribution is 2.18. The third-order valence-electron chi connectivity index (χ3n) is 5.07. The Morgan fingerprint density at radius 2 is 1.69 bits per heavy atom. The predicted octanol–water partition coefficient (Wildman–Crippen LogP) is 3.96. The van der Waals surface area contributed by atoms with Gasteiger partial charge in [0.1, 0.15) is 11.8 Å². The molecule has 2 aromatic rings. The van der Waals surface area contributed by atoms with E-state index in [-0.39, 0.29) is 24.3 Å². The van der Waals surface area contributed by atoms with Crippen molar-refractivity contribution in [3.05, 3.63) is 65.7 Å². The van der Waals surface area contributed by atoms with Crippen molar-refractivity contribution < 1.29 is 14.3 Å². The molecule has 0 unspecified atom stereocenters. The molecule has 0 spiro atoms. The molecule has 5 heteroatoms. The summed E-state index contributed by atoms with van der Waals surface area (Å²) in [4.78, 5) is 27.9. The number of hydrogen-bond acceptors (Lipinski definition) is 3. The first-order valence-electron chi connectivity index (χ1n) is 10.2. The molecule has 0 aliphatic carbocycles. The molecule has 0 saturated carbocycles. The van der Waals surface area contributed by atoms with Crippen molar-refractivity contribution >= 4 is 11.8 Å². The molecule has 0 aromatic heterocycles. The first-order valence-corrected chi connectivity index (χ1v) is 10.2. The van der Waals surface area contributed by atoms with E-state index in [1.54, 1.807) is 12.0 Å². The summed E-state index contributed by atoms with van der Waals surface area (Å²) in [6.45, 7) is 6.30. The molecule has 2 rings (SSSR count). The van der Waals surface area contributed by atoms with E-state index in [0.29, 0.717) is 13.0 Å². The minimum Gasteiger partial charge on any atom is -0.497 e. The number of benzene rings is 2. The smallest absolute Gasteiger partial charge is 0.243 e. The van der Waals surface area contributed by atoms with E-state index < -0.39 is 6.04 Å². The molecule has 0 fully saturated rings. The van der Waals surface area contributed by atoms with Crippen LogP contribution in [0.5, 0.6) is 5.75 Å². The van der Waals surface area contributed by atoms with Gasteiger partial charge >= 0.3 is 0 Å². The number of methoxy groups -OCH3 is 1. The highest BCUT2D eigenvalue weighted by Gasteiger charge is 2.29. The summed E-state index contributed by atoms with van der Waals surface area (Å²) in [5, 5.41) is 3.03. The van der Waals surface area contributed by atoms with Gasteiger partial charge in [0.15, 0.2) is 0 Å². The van der Waals surface area contributed by atoms with Crippen LogP contribution in [0.3, 0.4) is 0 Å². The van der Waals surface area contributed by atoms with Crippen LogP contribution in [0.4, 0.5) is 0 Å². The fraction of sp³-hybridized carbons (Fsp3) is 0.417. The van der Waals surface area contributed by atoms with Crippen LogP contribution >= 0.6 is 0 Å². The molecule has 1 N–H and O–H groups in total. The normalized spacial score (nSPS) is 12.7. The summed E-state index contributed by atoms with van der Waals surface area (Å²) in [5.41, 5.74) is 1.87. The Morgan fingerprint density at radius 1 is 1.00 bits per heavy atom. The molecule has 0 saturated heterocycles. The van der Waals surface area contributed by atoms with Crippen molar-refractivity contribution in [1.29, 1.82) is 0 Å². The molecular formula is C24H32N2O3. The number of ether oxygens (including phenoxy) is 1. The molecule has 0 heterocycles. The van der Waals surface area contributed by atoms with Gasteiger partial charge in [0, 0.05) is 12.6 Å². The summed E-state index contributed by atoms with van der Waals surface area (Å²) in [7, 11) is 1.62. The van der Waals surface area contributed by atoms with Gasteiger partial charge in [-0.25, -0.2) is 0 Å². The monoisotopic (exact) mass is 396 g/mol. The first kappa shape index (κ1) is 22.5. The number of amides is 2. The Kier molecular flexibility index (Phi) is 8.71. The van der Waals surface area contributed by atoms with E-state index in [1.165, 1.54) is 0 Å². The maximum atomic E-state index is 13.2. The zero-order valence-electron chi connectivity index (χ0n) is 17.9. The van der Waals surface area contributed by atoms with E-state index in [1.807, 2.05) is 75.4 Å². The third kappa shape index (κ3) is 6.63. The average Bonchev–Trinajstić information content (AvgIpc) is 2.74. The lowest BCUT2D eigenvalue weighted by Crippen LogP contribution is -2.51. The van der Waals surface area contributed by atoms with Gasteiger partial charge in [-0.1, -0.05) is 56.3 Å². The van der Waals surface area contributed by atoms with Gasteiger partial charge in [-0.2, -0.15) is 0 Å². The predicted molar refractivity (Wildman–Crippen MR) is 116 cm³/mol. The van der Waals surface area contributed by atoms with E-state index in [9.17, 15) is 9.59 Å². The third-order valence-corrected chi connectivity index (χ3v) is 5.07. The lowest BCUT2D eigenvalue weighted by atomic mass is 10.1. The molecule has 156 valence electrons. The van der Waals surface area contributed by atoms with Gasteiger partial charge in [-0.3, -0.25) is 9.59 Å². The number of rotatable bonds is 10. The van der Waals surface area contributed by atoms with Crippen molar-refractivity contribution in [1.82, 2.24) is 10.2 Å². The van der Waals surface area contributed by atoms with E-state index in [2.05, 4.69) is 5.32 Å². The van der Waals surface area contributed by atoms with Crippen LogP contribution in [0.2, 0.25) is 0 Å². The average molecular weight is 397 g/mol. The van der Waals surface area contributed by atoms with Crippen LogP contribution < -0.4 is 10.1 Å². The molecule has 5 nitrogen and oxygen atoms in total. The highest BCUT2D eigenvalue weighted by molar-refractivity contribution is 5.88. The Morgan fingerprint density at radius 3 is 2.31 bits per heavy atom. The van der Waals surface area contributed by atoms with Gasteiger partial charge in [0.05, 0.1) is 13.5 Å². The van der Waals surface area contributed by atoms with Crippen LogP contribution in [0.15, 0.2) is 54.6 Å². The topological polar surface area (TPSA) is 58.6 Å². The maximum Gasteiger partial charge on any atom is 0.243 e. The van der Waals surface area contributed by atoms with Crippen LogP contribution in [0.25, 0.3) is 0 Å². The number of nitrogens with zero attached hydrogens (tertiary/aromatic N) is 1. The molecule has 2 amide bonds. The second kappa shape index (κ2) is 11.2. The lowest BCUT2D eigenvalue weighted by Gasteiger charge is -2.31. The van der Waals surface area contributed by atoms with Crippen LogP contribution in [-0.4, -0.2) is 35.9 Å². The standard InChI is InChI=1S/C24H32N2O3/c1-5-18(3)25-24(28)22(6-2)26(17-20-13-10-14-21(15-20)29-4)23(27)16-19-11-8-7-9-12-19/h7-15,18,22H,5-6,16-17H2,1-4H3,(H,25,28)/t18-,22-/m0/s1. The van der Waals surface area contributed by atoms with Crippen LogP contribution in [-0.2, 0) is 22.6 Å². The van der Waals surface area contributed by atoms with Gasteiger partial charge in [-0.15, -0.1) is 0 Å². The molecule has 0 aliphatic rings. The van der Waals surface area contributed by atoms with Crippen LogP contribution in [0, 0.1) is 0 Å². The fourth-order valence-electron chi connectivity index (χ4n) is 3.20. The van der Waals surface area contributed by atoms with Crippen LogP contribution in [0.1, 0.15) is 44.7 Å². The zero-order chi connectivity index (χ0) is 21.2. The summed E-state index contributed by atoms with van der Waals surface area (Å²) in [6, 6.07) is 16.8. The summed E-state index contributed by atoms with van der Waals surface area (Å²) < 4.78 is 5.31. The van der Waals surface area contributed by atoms with E-state index >= 15 is 0 Å². The van der Waals surface area contributed by atoms with Crippen molar-refractivity contribution in [3.63, 3.8) is 0 Å². The Bertz CT molecular complexity index is 792. The number of carbonyl (C=O) groups is 2. The molecule has 0 radical (unpaired) electrons. The number of hydrogen-bond donors (Lipinski definition) is 1. The van der Waals surface area contributed by atoms with E-state index in [0.717, 1.165) is 23.3 Å². The number of nitrogens with one attached hydrogen (secondary N) is 1. The Balaban J connectivity index is 2.29. The van der Waals surface area contributed by atoms with Gasteiger partial charge in [-0.05, 0) is 43.0 Å². The minimum atomic E-state index is -0.522. The molecule has 0 bridgehead atoms.